The number of alkyl halides is 2. The third kappa shape index (κ3) is 5.27. The van der Waals surface area contributed by atoms with Crippen LogP contribution >= 0.6 is 11.6 Å². The Balaban J connectivity index is 1.65. The number of pyridine rings is 1. The number of carbonyl (C=O) groups excluding carboxylic acids is 1. The lowest BCUT2D eigenvalue weighted by Crippen LogP contribution is -2.25. The molecular formula is C21H17ClF2N2O2. The number of para-hydroxylation sites is 1. The molecule has 0 saturated heterocycles. The van der Waals surface area contributed by atoms with Gasteiger partial charge < -0.3 is 10.1 Å². The van der Waals surface area contributed by atoms with E-state index in [1.165, 1.54) is 24.3 Å². The predicted molar refractivity (Wildman–Crippen MR) is 104 cm³/mol. The van der Waals surface area contributed by atoms with Crippen LogP contribution in [0.15, 0.2) is 72.8 Å². The van der Waals surface area contributed by atoms with Crippen LogP contribution in [0.25, 0.3) is 0 Å². The van der Waals surface area contributed by atoms with Gasteiger partial charge in [-0.1, -0.05) is 60.1 Å². The minimum atomic E-state index is -3.07. The smallest absolute Gasteiger partial charge is 0.317 e. The zero-order valence-corrected chi connectivity index (χ0v) is 15.5. The molecule has 3 aromatic rings. The second kappa shape index (κ2) is 8.80. The van der Waals surface area contributed by atoms with Crippen LogP contribution in [-0.2, 0) is 17.1 Å². The van der Waals surface area contributed by atoms with E-state index in [0.717, 1.165) is 0 Å². The molecule has 1 heterocycles. The maximum Gasteiger partial charge on any atom is 0.317 e. The summed E-state index contributed by atoms with van der Waals surface area (Å²) in [5, 5.41) is 2.86. The van der Waals surface area contributed by atoms with E-state index < -0.39 is 18.4 Å². The molecule has 0 aliphatic rings. The van der Waals surface area contributed by atoms with E-state index in [9.17, 15) is 13.6 Å². The van der Waals surface area contributed by atoms with Crippen LogP contribution < -0.4 is 10.1 Å². The topological polar surface area (TPSA) is 51.2 Å². The Bertz CT molecular complexity index is 938. The maximum atomic E-state index is 14.3. The molecule has 7 heteroatoms. The van der Waals surface area contributed by atoms with Crippen molar-refractivity contribution in [3.05, 3.63) is 89.1 Å². The normalized spacial score (nSPS) is 11.1. The maximum absolute atomic E-state index is 14.3. The van der Waals surface area contributed by atoms with E-state index in [-0.39, 0.29) is 28.5 Å². The summed E-state index contributed by atoms with van der Waals surface area (Å²) in [6.45, 7) is -0.639. The first-order chi connectivity index (χ1) is 13.4. The molecule has 0 bridgehead atoms. The summed E-state index contributed by atoms with van der Waals surface area (Å²) in [6.07, 6.45) is -0.182. The number of carbonyl (C=O) groups is 1. The van der Waals surface area contributed by atoms with Crippen molar-refractivity contribution in [1.82, 2.24) is 4.98 Å². The highest BCUT2D eigenvalue weighted by Crippen LogP contribution is 2.28. The van der Waals surface area contributed by atoms with Gasteiger partial charge in [-0.25, -0.2) is 4.98 Å². The highest BCUT2D eigenvalue weighted by atomic mass is 35.5. The van der Waals surface area contributed by atoms with Crippen molar-refractivity contribution < 1.29 is 18.3 Å². The number of benzene rings is 2. The fraction of sp³-hybridized carbons (Fsp3) is 0.143. The van der Waals surface area contributed by atoms with Crippen molar-refractivity contribution in [1.29, 1.82) is 0 Å². The van der Waals surface area contributed by atoms with Gasteiger partial charge in [0, 0.05) is 5.56 Å². The molecule has 2 aromatic carbocycles. The van der Waals surface area contributed by atoms with Gasteiger partial charge in [-0.15, -0.1) is 0 Å². The Morgan fingerprint density at radius 2 is 1.64 bits per heavy atom. The molecule has 0 unspecified atom stereocenters. The van der Waals surface area contributed by atoms with Crippen LogP contribution in [0.3, 0.4) is 0 Å². The Morgan fingerprint density at radius 3 is 2.32 bits per heavy atom. The number of rotatable bonds is 7. The summed E-state index contributed by atoms with van der Waals surface area (Å²) >= 11 is 6.08. The van der Waals surface area contributed by atoms with Gasteiger partial charge in [0.1, 0.15) is 11.6 Å². The lowest BCUT2D eigenvalue weighted by molar-refractivity contribution is -0.133. The summed E-state index contributed by atoms with van der Waals surface area (Å²) in [4.78, 5) is 16.3. The van der Waals surface area contributed by atoms with E-state index in [0.29, 0.717) is 5.75 Å². The van der Waals surface area contributed by atoms with Crippen molar-refractivity contribution in [2.24, 2.45) is 0 Å². The molecule has 0 spiro atoms. The number of ether oxygens (including phenoxy) is 1. The molecule has 1 N–H and O–H groups in total. The summed E-state index contributed by atoms with van der Waals surface area (Å²) < 4.78 is 33.8. The molecule has 0 fully saturated rings. The number of anilines is 1. The first-order valence-corrected chi connectivity index (χ1v) is 8.90. The van der Waals surface area contributed by atoms with E-state index >= 15 is 0 Å². The Kier molecular flexibility index (Phi) is 6.21. The molecule has 144 valence electrons. The first-order valence-electron chi connectivity index (χ1n) is 8.52. The lowest BCUT2D eigenvalue weighted by atomic mass is 10.1. The molecule has 0 radical (unpaired) electrons. The molecule has 1 aromatic heterocycles. The van der Waals surface area contributed by atoms with Crippen LogP contribution in [0, 0.1) is 0 Å². The molecule has 28 heavy (non-hydrogen) atoms. The molecule has 0 atom stereocenters. The summed E-state index contributed by atoms with van der Waals surface area (Å²) in [7, 11) is 0. The highest BCUT2D eigenvalue weighted by molar-refractivity contribution is 6.31. The number of nitrogens with zero attached hydrogens (tertiary/aromatic N) is 1. The Hall–Kier alpha value is -2.99. The molecule has 0 amide bonds. The average Bonchev–Trinajstić information content (AvgIpc) is 2.70. The van der Waals surface area contributed by atoms with Gasteiger partial charge in [0.2, 0.25) is 0 Å². The Morgan fingerprint density at radius 1 is 1.00 bits per heavy atom. The molecule has 0 aliphatic heterocycles. The van der Waals surface area contributed by atoms with Gasteiger partial charge in [-0.05, 0) is 24.3 Å². The van der Waals surface area contributed by atoms with Gasteiger partial charge in [0.05, 0.1) is 23.7 Å². The molecule has 4 nitrogen and oxygen atoms in total. The minimum absolute atomic E-state index is 0.0943. The molecule has 0 saturated carbocycles. The standard InChI is InChI=1S/C21H17ClF2N2O2/c22-17-11-12-19(25-14-21(23,24)15-7-3-1-4-8-15)26-18(17)13-20(27)28-16-9-5-2-6-10-16/h1-12H,13-14H2,(H,25,26). The fourth-order valence-electron chi connectivity index (χ4n) is 2.49. The number of esters is 1. The van der Waals surface area contributed by atoms with E-state index in [1.54, 1.807) is 48.5 Å². The van der Waals surface area contributed by atoms with Gasteiger partial charge in [0.15, 0.2) is 0 Å². The van der Waals surface area contributed by atoms with Crippen molar-refractivity contribution in [3.63, 3.8) is 0 Å². The van der Waals surface area contributed by atoms with E-state index in [1.807, 2.05) is 0 Å². The number of halogens is 3. The van der Waals surface area contributed by atoms with Crippen molar-refractivity contribution >= 4 is 23.4 Å². The number of hydrogen-bond acceptors (Lipinski definition) is 4. The largest absolute Gasteiger partial charge is 0.426 e. The minimum Gasteiger partial charge on any atom is -0.426 e. The molecular weight excluding hydrogens is 386 g/mol. The van der Waals surface area contributed by atoms with Crippen LogP contribution in [0.4, 0.5) is 14.6 Å². The van der Waals surface area contributed by atoms with Crippen LogP contribution in [0.2, 0.25) is 5.02 Å². The number of aromatic nitrogens is 1. The molecule has 0 aliphatic carbocycles. The zero-order valence-electron chi connectivity index (χ0n) is 14.7. The van der Waals surface area contributed by atoms with E-state index in [2.05, 4.69) is 10.3 Å². The van der Waals surface area contributed by atoms with Gasteiger partial charge in [-0.2, -0.15) is 8.78 Å². The van der Waals surface area contributed by atoms with Crippen molar-refractivity contribution in [2.45, 2.75) is 12.3 Å². The summed E-state index contributed by atoms with van der Waals surface area (Å²) in [6, 6.07) is 19.1. The zero-order chi connectivity index (χ0) is 20.0. The molecule has 3 rings (SSSR count). The lowest BCUT2D eigenvalue weighted by Gasteiger charge is -2.18. The summed E-state index contributed by atoms with van der Waals surface area (Å²) in [5.74, 6) is -3.02. The highest BCUT2D eigenvalue weighted by Gasteiger charge is 2.31. The van der Waals surface area contributed by atoms with Gasteiger partial charge in [0.25, 0.3) is 5.92 Å². The van der Waals surface area contributed by atoms with Crippen molar-refractivity contribution in [2.75, 3.05) is 11.9 Å². The van der Waals surface area contributed by atoms with Gasteiger partial charge >= 0.3 is 5.97 Å². The van der Waals surface area contributed by atoms with Crippen LogP contribution in [-0.4, -0.2) is 17.5 Å². The number of nitrogens with one attached hydrogen (secondary N) is 1. The van der Waals surface area contributed by atoms with Crippen LogP contribution in [0.1, 0.15) is 11.3 Å². The van der Waals surface area contributed by atoms with Crippen LogP contribution in [0.5, 0.6) is 5.75 Å². The Labute approximate surface area is 166 Å². The fourth-order valence-corrected chi connectivity index (χ4v) is 2.66. The van der Waals surface area contributed by atoms with Crippen molar-refractivity contribution in [3.8, 4) is 5.75 Å². The SMILES string of the molecule is O=C(Cc1nc(NCC(F)(F)c2ccccc2)ccc1Cl)Oc1ccccc1. The van der Waals surface area contributed by atoms with E-state index in [4.69, 9.17) is 16.3 Å². The predicted octanol–water partition coefficient (Wildman–Crippen LogP) is 5.09. The quantitative estimate of drug-likeness (QED) is 0.442. The summed E-state index contributed by atoms with van der Waals surface area (Å²) in [5.41, 5.74) is 0.152. The second-order valence-corrected chi connectivity index (χ2v) is 6.42. The van der Waals surface area contributed by atoms with Gasteiger partial charge in [-0.3, -0.25) is 4.79 Å². The average molecular weight is 403 g/mol. The monoisotopic (exact) mass is 402 g/mol. The third-order valence-electron chi connectivity index (χ3n) is 3.89. The third-order valence-corrected chi connectivity index (χ3v) is 4.24. The second-order valence-electron chi connectivity index (χ2n) is 6.01. The number of hydrogen-bond donors (Lipinski definition) is 1. The first kappa shape index (κ1) is 19.8.